The van der Waals surface area contributed by atoms with Crippen molar-refractivity contribution in [3.05, 3.63) is 35.9 Å². The van der Waals surface area contributed by atoms with E-state index in [1.165, 1.54) is 14.0 Å². The van der Waals surface area contributed by atoms with Gasteiger partial charge in [-0.25, -0.2) is 0 Å². The van der Waals surface area contributed by atoms with Crippen molar-refractivity contribution in [2.24, 2.45) is 0 Å². The van der Waals surface area contributed by atoms with Crippen LogP contribution in [0.2, 0.25) is 0 Å². The largest absolute Gasteiger partial charge is 0.469 e. The van der Waals surface area contributed by atoms with E-state index >= 15 is 0 Å². The molecule has 1 aromatic rings. The molecule has 0 unspecified atom stereocenters. The van der Waals surface area contributed by atoms with Crippen LogP contribution in [0.4, 0.5) is 0 Å². The minimum absolute atomic E-state index is 0.245. The zero-order valence-corrected chi connectivity index (χ0v) is 7.65. The van der Waals surface area contributed by atoms with Gasteiger partial charge in [-0.3, -0.25) is 4.79 Å². The number of methoxy groups -OCH3 is 1. The van der Waals surface area contributed by atoms with Gasteiger partial charge >= 0.3 is 5.97 Å². The van der Waals surface area contributed by atoms with Crippen LogP contribution >= 0.6 is 0 Å². The van der Waals surface area contributed by atoms with Gasteiger partial charge < -0.3 is 4.74 Å². The molecular formula is C10H11NO2. The van der Waals surface area contributed by atoms with E-state index in [0.29, 0.717) is 5.56 Å². The van der Waals surface area contributed by atoms with Gasteiger partial charge in [-0.05, 0) is 12.1 Å². The zero-order valence-electron chi connectivity index (χ0n) is 7.65. The molecule has 0 aromatic heterocycles. The van der Waals surface area contributed by atoms with Crippen LogP contribution < -0.4 is 0 Å². The molecule has 0 saturated carbocycles. The molecule has 0 aliphatic rings. The third kappa shape index (κ3) is 6.57. The van der Waals surface area contributed by atoms with Crippen molar-refractivity contribution in [3.8, 4) is 6.07 Å². The number of carbonyl (C=O) groups is 1. The second-order valence-corrected chi connectivity index (χ2v) is 2.17. The number of ether oxygens (including phenoxy) is 1. The van der Waals surface area contributed by atoms with Gasteiger partial charge in [0.15, 0.2) is 0 Å². The molecular weight excluding hydrogens is 166 g/mol. The van der Waals surface area contributed by atoms with Gasteiger partial charge in [0.05, 0.1) is 18.7 Å². The highest BCUT2D eigenvalue weighted by molar-refractivity contribution is 5.65. The number of esters is 1. The number of nitriles is 1. The maximum Gasteiger partial charge on any atom is 0.302 e. The third-order valence-corrected chi connectivity index (χ3v) is 1.19. The fourth-order valence-corrected chi connectivity index (χ4v) is 0.513. The van der Waals surface area contributed by atoms with Gasteiger partial charge in [0.2, 0.25) is 0 Å². The summed E-state index contributed by atoms with van der Waals surface area (Å²) in [4.78, 5) is 9.59. The highest BCUT2D eigenvalue weighted by Gasteiger charge is 1.79. The average Bonchev–Trinajstić information content (AvgIpc) is 2.20. The summed E-state index contributed by atoms with van der Waals surface area (Å²) in [6.07, 6.45) is 0. The Morgan fingerprint density at radius 1 is 1.38 bits per heavy atom. The molecule has 0 aliphatic heterocycles. The zero-order chi connectivity index (χ0) is 10.1. The molecule has 0 saturated heterocycles. The van der Waals surface area contributed by atoms with Crippen LogP contribution in [0.5, 0.6) is 0 Å². The third-order valence-electron chi connectivity index (χ3n) is 1.19. The van der Waals surface area contributed by atoms with E-state index < -0.39 is 0 Å². The molecule has 68 valence electrons. The van der Waals surface area contributed by atoms with E-state index in [1.807, 2.05) is 24.3 Å². The molecule has 1 rings (SSSR count). The first-order chi connectivity index (χ1) is 6.20. The predicted molar refractivity (Wildman–Crippen MR) is 48.8 cm³/mol. The van der Waals surface area contributed by atoms with Crippen molar-refractivity contribution in [1.29, 1.82) is 5.26 Å². The van der Waals surface area contributed by atoms with Crippen molar-refractivity contribution >= 4 is 5.97 Å². The van der Waals surface area contributed by atoms with Gasteiger partial charge in [0.25, 0.3) is 0 Å². The van der Waals surface area contributed by atoms with Crippen LogP contribution in [0, 0.1) is 11.3 Å². The summed E-state index contributed by atoms with van der Waals surface area (Å²) in [6, 6.07) is 11.2. The fraction of sp³-hybridized carbons (Fsp3) is 0.200. The lowest BCUT2D eigenvalue weighted by Gasteiger charge is -1.80. The van der Waals surface area contributed by atoms with Crippen molar-refractivity contribution in [2.75, 3.05) is 7.11 Å². The Hall–Kier alpha value is -1.82. The average molecular weight is 177 g/mol. The van der Waals surface area contributed by atoms with Gasteiger partial charge in [-0.2, -0.15) is 5.26 Å². The summed E-state index contributed by atoms with van der Waals surface area (Å²) in [5, 5.41) is 8.29. The van der Waals surface area contributed by atoms with Gasteiger partial charge in [0, 0.05) is 6.92 Å². The molecule has 0 atom stereocenters. The minimum atomic E-state index is -0.245. The van der Waals surface area contributed by atoms with E-state index in [0.717, 1.165) is 0 Å². The number of hydrogen-bond donors (Lipinski definition) is 0. The molecule has 0 aliphatic carbocycles. The number of nitrogens with zero attached hydrogens (tertiary/aromatic N) is 1. The lowest BCUT2D eigenvalue weighted by atomic mass is 10.2. The van der Waals surface area contributed by atoms with E-state index in [9.17, 15) is 4.79 Å². The van der Waals surface area contributed by atoms with Gasteiger partial charge in [-0.15, -0.1) is 0 Å². The van der Waals surface area contributed by atoms with Crippen molar-refractivity contribution < 1.29 is 9.53 Å². The monoisotopic (exact) mass is 177 g/mol. The summed E-state index contributed by atoms with van der Waals surface area (Å²) >= 11 is 0. The van der Waals surface area contributed by atoms with Crippen molar-refractivity contribution in [2.45, 2.75) is 6.92 Å². The van der Waals surface area contributed by atoms with E-state index in [-0.39, 0.29) is 5.97 Å². The molecule has 0 fully saturated rings. The summed E-state index contributed by atoms with van der Waals surface area (Å²) in [6.45, 7) is 1.36. The SMILES string of the molecule is COC(C)=O.N#Cc1ccccc1. The number of rotatable bonds is 0. The Morgan fingerprint density at radius 3 is 2.08 bits per heavy atom. The fourth-order valence-electron chi connectivity index (χ4n) is 0.513. The molecule has 1 aromatic carbocycles. The van der Waals surface area contributed by atoms with Crippen LogP contribution in [0.3, 0.4) is 0 Å². The summed E-state index contributed by atoms with van der Waals surface area (Å²) < 4.78 is 4.11. The molecule has 13 heavy (non-hydrogen) atoms. The Morgan fingerprint density at radius 2 is 1.85 bits per heavy atom. The van der Waals surface area contributed by atoms with Gasteiger partial charge in [-0.1, -0.05) is 18.2 Å². The highest BCUT2D eigenvalue weighted by Crippen LogP contribution is 1.93. The van der Waals surface area contributed by atoms with Crippen molar-refractivity contribution in [1.82, 2.24) is 0 Å². The summed E-state index contributed by atoms with van der Waals surface area (Å²) in [5.41, 5.74) is 0.715. The predicted octanol–water partition coefficient (Wildman–Crippen LogP) is 1.74. The molecule has 0 spiro atoms. The smallest absolute Gasteiger partial charge is 0.302 e. The van der Waals surface area contributed by atoms with Crippen LogP contribution in [0.25, 0.3) is 0 Å². The van der Waals surface area contributed by atoms with E-state index in [2.05, 4.69) is 4.74 Å². The maximum absolute atomic E-state index is 9.59. The highest BCUT2D eigenvalue weighted by atomic mass is 16.5. The van der Waals surface area contributed by atoms with Crippen LogP contribution in [0.15, 0.2) is 30.3 Å². The second kappa shape index (κ2) is 6.86. The summed E-state index contributed by atoms with van der Waals surface area (Å²) in [7, 11) is 1.35. The summed E-state index contributed by atoms with van der Waals surface area (Å²) in [5.74, 6) is -0.245. The first-order valence-electron chi connectivity index (χ1n) is 3.70. The quantitative estimate of drug-likeness (QED) is 0.567. The Kier molecular flexibility index (Phi) is 5.90. The van der Waals surface area contributed by atoms with E-state index in [4.69, 9.17) is 5.26 Å². The maximum atomic E-state index is 9.59. The van der Waals surface area contributed by atoms with Crippen LogP contribution in [-0.2, 0) is 9.53 Å². The normalized spacial score (nSPS) is 7.46. The Labute approximate surface area is 77.6 Å². The molecule has 0 bridgehead atoms. The van der Waals surface area contributed by atoms with Crippen LogP contribution in [-0.4, -0.2) is 13.1 Å². The Bertz CT molecular complexity index is 288. The molecule has 3 nitrogen and oxygen atoms in total. The molecule has 0 heterocycles. The molecule has 3 heteroatoms. The molecule has 0 amide bonds. The lowest BCUT2D eigenvalue weighted by molar-refractivity contribution is -0.137. The first-order valence-corrected chi connectivity index (χ1v) is 3.70. The minimum Gasteiger partial charge on any atom is -0.469 e. The topological polar surface area (TPSA) is 50.1 Å². The standard InChI is InChI=1S/C7H5N.C3H6O2/c8-6-7-4-2-1-3-5-7;1-3(4)5-2/h1-5H;1-2H3. The molecule has 0 N–H and O–H groups in total. The van der Waals surface area contributed by atoms with Gasteiger partial charge in [0.1, 0.15) is 0 Å². The van der Waals surface area contributed by atoms with Crippen LogP contribution in [0.1, 0.15) is 12.5 Å². The van der Waals surface area contributed by atoms with Crippen molar-refractivity contribution in [3.63, 3.8) is 0 Å². The lowest BCUT2D eigenvalue weighted by Crippen LogP contribution is -1.88. The number of hydrogen-bond acceptors (Lipinski definition) is 3. The Balaban J connectivity index is 0.000000252. The number of benzene rings is 1. The van der Waals surface area contributed by atoms with E-state index in [1.54, 1.807) is 12.1 Å². The second-order valence-electron chi connectivity index (χ2n) is 2.17. The molecule has 0 radical (unpaired) electrons. The first kappa shape index (κ1) is 11.2. The number of carbonyl (C=O) groups excluding carboxylic acids is 1.